The summed E-state index contributed by atoms with van der Waals surface area (Å²) in [5.41, 5.74) is 1.91. The average molecular weight is 545 g/mol. The number of carbonyl (C=O) groups is 1. The third-order valence-electron chi connectivity index (χ3n) is 6.67. The summed E-state index contributed by atoms with van der Waals surface area (Å²) in [6.07, 6.45) is 1.77. The van der Waals surface area contributed by atoms with Crippen LogP contribution in [-0.4, -0.2) is 38.5 Å². The van der Waals surface area contributed by atoms with Crippen molar-refractivity contribution < 1.29 is 23.7 Å². The zero-order valence-corrected chi connectivity index (χ0v) is 23.1. The van der Waals surface area contributed by atoms with Crippen molar-refractivity contribution in [1.82, 2.24) is 4.57 Å². The minimum atomic E-state index is -0.804. The number of carbonyl (C=O) groups excluding carboxylic acids is 1. The van der Waals surface area contributed by atoms with Gasteiger partial charge in [0.25, 0.3) is 5.56 Å². The molecular formula is C30H28N2O6S. The molecule has 0 bridgehead atoms. The topological polar surface area (TPSA) is 88.4 Å². The molecule has 0 unspecified atom stereocenters. The van der Waals surface area contributed by atoms with Gasteiger partial charge in [0.05, 0.1) is 43.7 Å². The summed E-state index contributed by atoms with van der Waals surface area (Å²) in [5, 5.41) is 1.82. The van der Waals surface area contributed by atoms with Crippen LogP contribution in [0.2, 0.25) is 0 Å². The van der Waals surface area contributed by atoms with Gasteiger partial charge in [0.2, 0.25) is 0 Å². The first-order chi connectivity index (χ1) is 18.9. The largest absolute Gasteiger partial charge is 0.497 e. The number of ether oxygens (including phenoxy) is 4. The molecule has 0 N–H and O–H groups in total. The molecule has 0 fully saturated rings. The fourth-order valence-electron chi connectivity index (χ4n) is 4.88. The van der Waals surface area contributed by atoms with E-state index < -0.39 is 12.0 Å². The fraction of sp³-hybridized carbons (Fsp3) is 0.233. The average Bonchev–Trinajstić information content (AvgIpc) is 3.25. The first-order valence-electron chi connectivity index (χ1n) is 12.4. The first-order valence-corrected chi connectivity index (χ1v) is 13.2. The van der Waals surface area contributed by atoms with E-state index in [1.165, 1.54) is 11.3 Å². The zero-order valence-electron chi connectivity index (χ0n) is 22.3. The molecule has 3 aromatic carbocycles. The maximum atomic E-state index is 14.1. The second kappa shape index (κ2) is 10.8. The molecule has 1 aliphatic heterocycles. The zero-order chi connectivity index (χ0) is 27.7. The molecule has 1 aliphatic rings. The van der Waals surface area contributed by atoms with Gasteiger partial charge in [0.1, 0.15) is 23.3 Å². The Hall–Kier alpha value is -4.37. The molecule has 0 spiro atoms. The maximum Gasteiger partial charge on any atom is 0.338 e. The number of esters is 1. The molecule has 200 valence electrons. The number of fused-ring (bicyclic) bond motifs is 2. The molecule has 0 saturated heterocycles. The minimum Gasteiger partial charge on any atom is -0.497 e. The molecule has 0 saturated carbocycles. The Balaban J connectivity index is 1.83. The SMILES string of the molecule is CCOC(=O)C1=C(C)N=c2sc(=Cc3ccc(OC)cc3OC)c(=O)n2[C@@H]1c1c(OC)ccc2ccccc12. The highest BCUT2D eigenvalue weighted by atomic mass is 32.1. The Kier molecular flexibility index (Phi) is 7.26. The number of allylic oxidation sites excluding steroid dienone is 1. The summed E-state index contributed by atoms with van der Waals surface area (Å²) in [4.78, 5) is 32.6. The molecule has 1 aromatic heterocycles. The van der Waals surface area contributed by atoms with E-state index in [-0.39, 0.29) is 12.2 Å². The number of hydrogen-bond donors (Lipinski definition) is 0. The summed E-state index contributed by atoms with van der Waals surface area (Å²) < 4.78 is 24.1. The van der Waals surface area contributed by atoms with Gasteiger partial charge in [-0.05, 0) is 48.9 Å². The number of rotatable bonds is 7. The Morgan fingerprint density at radius 2 is 1.79 bits per heavy atom. The number of hydrogen-bond acceptors (Lipinski definition) is 8. The van der Waals surface area contributed by atoms with Crippen LogP contribution in [0.1, 0.15) is 31.0 Å². The van der Waals surface area contributed by atoms with E-state index in [9.17, 15) is 9.59 Å². The second-order valence-electron chi connectivity index (χ2n) is 8.81. The van der Waals surface area contributed by atoms with Gasteiger partial charge in [-0.3, -0.25) is 9.36 Å². The summed E-state index contributed by atoms with van der Waals surface area (Å²) in [5.74, 6) is 1.24. The molecule has 2 heterocycles. The van der Waals surface area contributed by atoms with Gasteiger partial charge in [-0.25, -0.2) is 9.79 Å². The Morgan fingerprint density at radius 1 is 1.03 bits per heavy atom. The van der Waals surface area contributed by atoms with Crippen molar-refractivity contribution in [3.63, 3.8) is 0 Å². The van der Waals surface area contributed by atoms with Crippen molar-refractivity contribution in [3.8, 4) is 17.2 Å². The van der Waals surface area contributed by atoms with E-state index >= 15 is 0 Å². The van der Waals surface area contributed by atoms with Crippen molar-refractivity contribution in [2.24, 2.45) is 4.99 Å². The Morgan fingerprint density at radius 3 is 2.51 bits per heavy atom. The second-order valence-corrected chi connectivity index (χ2v) is 9.82. The van der Waals surface area contributed by atoms with Crippen molar-refractivity contribution >= 4 is 34.2 Å². The summed E-state index contributed by atoms with van der Waals surface area (Å²) in [6, 6.07) is 16.2. The van der Waals surface area contributed by atoms with Crippen LogP contribution < -0.4 is 29.1 Å². The van der Waals surface area contributed by atoms with Gasteiger partial charge in [-0.1, -0.05) is 41.7 Å². The van der Waals surface area contributed by atoms with E-state index in [1.54, 1.807) is 58.0 Å². The molecule has 9 heteroatoms. The highest BCUT2D eigenvalue weighted by Gasteiger charge is 2.36. The summed E-state index contributed by atoms with van der Waals surface area (Å²) in [6.45, 7) is 3.70. The highest BCUT2D eigenvalue weighted by Crippen LogP contribution is 2.40. The summed E-state index contributed by atoms with van der Waals surface area (Å²) in [7, 11) is 4.72. The van der Waals surface area contributed by atoms with Gasteiger partial charge in [0, 0.05) is 17.2 Å². The molecule has 39 heavy (non-hydrogen) atoms. The van der Waals surface area contributed by atoms with Crippen LogP contribution in [0, 0.1) is 0 Å². The maximum absolute atomic E-state index is 14.1. The molecule has 0 aliphatic carbocycles. The highest BCUT2D eigenvalue weighted by molar-refractivity contribution is 7.07. The van der Waals surface area contributed by atoms with Gasteiger partial charge in [0.15, 0.2) is 4.80 Å². The normalized spacial score (nSPS) is 15.1. The smallest absolute Gasteiger partial charge is 0.338 e. The van der Waals surface area contributed by atoms with E-state index in [0.717, 1.165) is 10.8 Å². The van der Waals surface area contributed by atoms with Crippen LogP contribution in [0.15, 0.2) is 75.7 Å². The number of benzene rings is 3. The summed E-state index contributed by atoms with van der Waals surface area (Å²) >= 11 is 1.25. The lowest BCUT2D eigenvalue weighted by molar-refractivity contribution is -0.139. The minimum absolute atomic E-state index is 0.191. The fourth-order valence-corrected chi connectivity index (χ4v) is 5.92. The molecule has 1 atom stereocenters. The van der Waals surface area contributed by atoms with Crippen molar-refractivity contribution in [1.29, 1.82) is 0 Å². The van der Waals surface area contributed by atoms with Gasteiger partial charge < -0.3 is 18.9 Å². The lowest BCUT2D eigenvalue weighted by atomic mass is 9.90. The van der Waals surface area contributed by atoms with E-state index in [2.05, 4.69) is 4.99 Å². The molecule has 0 amide bonds. The Labute approximate surface area is 229 Å². The lowest BCUT2D eigenvalue weighted by Gasteiger charge is -2.27. The lowest BCUT2D eigenvalue weighted by Crippen LogP contribution is -2.40. The third-order valence-corrected chi connectivity index (χ3v) is 7.65. The van der Waals surface area contributed by atoms with Gasteiger partial charge in [-0.2, -0.15) is 0 Å². The predicted octanol–water partition coefficient (Wildman–Crippen LogP) is 3.98. The number of methoxy groups -OCH3 is 3. The van der Waals surface area contributed by atoms with E-state index in [1.807, 2.05) is 42.5 Å². The van der Waals surface area contributed by atoms with Crippen molar-refractivity contribution in [2.75, 3.05) is 27.9 Å². The monoisotopic (exact) mass is 544 g/mol. The van der Waals surface area contributed by atoms with Crippen LogP contribution in [0.4, 0.5) is 0 Å². The standard InChI is InChI=1S/C30H28N2O6S/c1-6-38-29(34)25-17(2)31-30-32(27(25)26-21-10-8-7-9-18(21)12-14-22(26)36-4)28(33)24(39-30)15-19-11-13-20(35-3)16-23(19)37-5/h7-16,27H,6H2,1-5H3/t27-/m0/s1. The Bertz CT molecular complexity index is 1800. The van der Waals surface area contributed by atoms with Crippen LogP contribution in [0.5, 0.6) is 17.2 Å². The predicted molar refractivity (Wildman–Crippen MR) is 150 cm³/mol. The van der Waals surface area contributed by atoms with Crippen molar-refractivity contribution in [2.45, 2.75) is 19.9 Å². The van der Waals surface area contributed by atoms with Crippen LogP contribution in [0.25, 0.3) is 16.8 Å². The number of thiazole rings is 1. The molecule has 0 radical (unpaired) electrons. The molecule has 4 aromatic rings. The first kappa shape index (κ1) is 26.2. The number of aromatic nitrogens is 1. The molecule has 8 nitrogen and oxygen atoms in total. The molecular weight excluding hydrogens is 516 g/mol. The van der Waals surface area contributed by atoms with Crippen molar-refractivity contribution in [3.05, 3.63) is 96.7 Å². The quantitative estimate of drug-likeness (QED) is 0.327. The van der Waals surface area contributed by atoms with Gasteiger partial charge >= 0.3 is 5.97 Å². The third kappa shape index (κ3) is 4.59. The number of nitrogens with zero attached hydrogens (tertiary/aromatic N) is 2. The van der Waals surface area contributed by atoms with E-state index in [0.29, 0.717) is 49.0 Å². The van der Waals surface area contributed by atoms with Gasteiger partial charge in [-0.15, -0.1) is 0 Å². The van der Waals surface area contributed by atoms with Crippen LogP contribution in [0.3, 0.4) is 0 Å². The van der Waals surface area contributed by atoms with E-state index in [4.69, 9.17) is 18.9 Å². The molecule has 5 rings (SSSR count). The van der Waals surface area contributed by atoms with Crippen LogP contribution in [-0.2, 0) is 9.53 Å². The van der Waals surface area contributed by atoms with Crippen LogP contribution >= 0.6 is 11.3 Å².